The lowest BCUT2D eigenvalue weighted by molar-refractivity contribution is 0.211. The Bertz CT molecular complexity index is 1100. The van der Waals surface area contributed by atoms with Crippen molar-refractivity contribution in [2.75, 3.05) is 38.1 Å². The molecule has 2 aliphatic heterocycles. The number of halogens is 2. The summed E-state index contributed by atoms with van der Waals surface area (Å²) in [5, 5.41) is 0. The summed E-state index contributed by atoms with van der Waals surface area (Å²) in [6, 6.07) is 6.91. The second kappa shape index (κ2) is 8.23. The number of fused-ring (bicyclic) bond motifs is 2. The third kappa shape index (κ3) is 3.82. The van der Waals surface area contributed by atoms with Gasteiger partial charge in [-0.05, 0) is 89.3 Å². The number of likely N-dealkylation sites (tertiary alicyclic amines) is 1. The number of rotatable bonds is 5. The molecule has 0 spiro atoms. The number of hydrogen-bond acceptors (Lipinski definition) is 3. The number of imidazole rings is 1. The predicted molar refractivity (Wildman–Crippen MR) is 122 cm³/mol. The zero-order valence-corrected chi connectivity index (χ0v) is 18.3. The zero-order valence-electron chi connectivity index (χ0n) is 18.3. The number of H-pyrrole nitrogens is 1. The maximum atomic E-state index is 15.4. The van der Waals surface area contributed by atoms with Crippen molar-refractivity contribution >= 4 is 16.7 Å². The number of benzene rings is 2. The number of aromatic amines is 1. The van der Waals surface area contributed by atoms with E-state index >= 15 is 4.39 Å². The monoisotopic (exact) mass is 424 g/mol. The molecule has 1 fully saturated rings. The minimum atomic E-state index is -0.295. The van der Waals surface area contributed by atoms with Crippen molar-refractivity contribution in [3.8, 4) is 11.4 Å². The van der Waals surface area contributed by atoms with E-state index in [9.17, 15) is 4.39 Å². The molecule has 2 aromatic carbocycles. The van der Waals surface area contributed by atoms with Crippen LogP contribution in [0.5, 0.6) is 0 Å². The number of nitrogens with one attached hydrogen (secondary N) is 1. The van der Waals surface area contributed by atoms with E-state index in [1.807, 2.05) is 12.1 Å². The normalized spacial score (nSPS) is 17.6. The van der Waals surface area contributed by atoms with Gasteiger partial charge in [-0.25, -0.2) is 13.8 Å². The second-order valence-corrected chi connectivity index (χ2v) is 9.20. The highest BCUT2D eigenvalue weighted by molar-refractivity contribution is 5.83. The number of piperidine rings is 1. The first kappa shape index (κ1) is 20.4. The van der Waals surface area contributed by atoms with Gasteiger partial charge in [-0.1, -0.05) is 0 Å². The summed E-state index contributed by atoms with van der Waals surface area (Å²) in [6.45, 7) is 5.97. The summed E-state index contributed by atoms with van der Waals surface area (Å²) in [7, 11) is 2.20. The molecule has 3 aromatic rings. The van der Waals surface area contributed by atoms with E-state index in [1.54, 1.807) is 13.0 Å². The molecule has 0 amide bonds. The van der Waals surface area contributed by atoms with Gasteiger partial charge < -0.3 is 14.8 Å². The van der Waals surface area contributed by atoms with Crippen molar-refractivity contribution in [3.63, 3.8) is 0 Å². The largest absolute Gasteiger partial charge is 0.371 e. The highest BCUT2D eigenvalue weighted by Gasteiger charge is 2.26. The van der Waals surface area contributed by atoms with Gasteiger partial charge in [0.05, 0.1) is 16.6 Å². The van der Waals surface area contributed by atoms with Crippen LogP contribution in [-0.2, 0) is 6.42 Å². The van der Waals surface area contributed by atoms with Crippen molar-refractivity contribution in [1.82, 2.24) is 14.9 Å². The molecule has 6 heteroatoms. The maximum absolute atomic E-state index is 15.4. The van der Waals surface area contributed by atoms with Gasteiger partial charge in [0, 0.05) is 29.9 Å². The first-order chi connectivity index (χ1) is 15.0. The van der Waals surface area contributed by atoms with Crippen LogP contribution in [0.2, 0.25) is 0 Å². The van der Waals surface area contributed by atoms with Crippen molar-refractivity contribution in [3.05, 3.63) is 47.0 Å². The lowest BCUT2D eigenvalue weighted by atomic mass is 9.92. The fraction of sp³-hybridized carbons (Fsp3) is 0.480. The number of hydrogen-bond donors (Lipinski definition) is 1. The standard InChI is InChI=1S/C25H30F2N4/c1-16-20(26)6-7-21-24(16)29-25(28-21)19-5-8-22-18(23(19)27)11-15-31(22)12-3-4-17-9-13-30(2)14-10-17/h5-8,17H,3-4,9-15H2,1-2H3,(H,28,29). The van der Waals surface area contributed by atoms with E-state index in [1.165, 1.54) is 38.4 Å². The number of anilines is 1. The molecule has 1 saturated heterocycles. The minimum absolute atomic E-state index is 0.201. The van der Waals surface area contributed by atoms with Gasteiger partial charge in [-0.15, -0.1) is 0 Å². The van der Waals surface area contributed by atoms with Crippen LogP contribution in [-0.4, -0.2) is 48.1 Å². The van der Waals surface area contributed by atoms with Gasteiger partial charge in [0.25, 0.3) is 0 Å². The molecule has 0 saturated carbocycles. The Balaban J connectivity index is 1.31. The van der Waals surface area contributed by atoms with Crippen LogP contribution in [0.1, 0.15) is 36.8 Å². The van der Waals surface area contributed by atoms with E-state index < -0.39 is 0 Å². The van der Waals surface area contributed by atoms with Crippen molar-refractivity contribution in [1.29, 1.82) is 0 Å². The van der Waals surface area contributed by atoms with Crippen LogP contribution in [0, 0.1) is 24.5 Å². The Kier molecular flexibility index (Phi) is 5.42. The van der Waals surface area contributed by atoms with Crippen LogP contribution in [0.3, 0.4) is 0 Å². The lowest BCUT2D eigenvalue weighted by Crippen LogP contribution is -2.30. The Morgan fingerprint density at radius 1 is 1.10 bits per heavy atom. The summed E-state index contributed by atoms with van der Waals surface area (Å²) in [4.78, 5) is 12.4. The SMILES string of the molecule is Cc1c(F)ccc2[nH]c(-c3ccc4c(c3F)CCN4CCCC3CCN(C)CC3)nc12. The predicted octanol–water partition coefficient (Wildman–Crippen LogP) is 5.30. The number of aromatic nitrogens is 2. The quantitative estimate of drug-likeness (QED) is 0.604. The molecule has 1 aromatic heterocycles. The van der Waals surface area contributed by atoms with E-state index in [0.717, 1.165) is 48.6 Å². The molecule has 0 unspecified atom stereocenters. The molecule has 31 heavy (non-hydrogen) atoms. The summed E-state index contributed by atoms with van der Waals surface area (Å²) >= 11 is 0. The summed E-state index contributed by atoms with van der Waals surface area (Å²) in [6.07, 6.45) is 5.73. The third-order valence-corrected chi connectivity index (χ3v) is 7.17. The second-order valence-electron chi connectivity index (χ2n) is 9.20. The van der Waals surface area contributed by atoms with Crippen molar-refractivity contribution in [2.24, 2.45) is 5.92 Å². The molecular weight excluding hydrogens is 394 g/mol. The molecule has 0 atom stereocenters. The molecule has 5 rings (SSSR count). The molecule has 164 valence electrons. The van der Waals surface area contributed by atoms with E-state index in [2.05, 4.69) is 26.8 Å². The highest BCUT2D eigenvalue weighted by atomic mass is 19.1. The van der Waals surface area contributed by atoms with Crippen LogP contribution < -0.4 is 4.90 Å². The Morgan fingerprint density at radius 2 is 1.90 bits per heavy atom. The summed E-state index contributed by atoms with van der Waals surface area (Å²) < 4.78 is 29.3. The molecule has 3 heterocycles. The summed E-state index contributed by atoms with van der Waals surface area (Å²) in [5.41, 5.74) is 4.03. The fourth-order valence-corrected chi connectivity index (χ4v) is 5.16. The van der Waals surface area contributed by atoms with Crippen LogP contribution in [0.15, 0.2) is 24.3 Å². The molecule has 0 aliphatic carbocycles. The van der Waals surface area contributed by atoms with Gasteiger partial charge >= 0.3 is 0 Å². The number of nitrogens with zero attached hydrogens (tertiary/aromatic N) is 3. The Labute approximate surface area is 182 Å². The van der Waals surface area contributed by atoms with Gasteiger partial charge in [0.2, 0.25) is 0 Å². The zero-order chi connectivity index (χ0) is 21.5. The number of aryl methyl sites for hydroxylation is 1. The molecule has 0 bridgehead atoms. The van der Waals surface area contributed by atoms with Crippen LogP contribution >= 0.6 is 0 Å². The fourth-order valence-electron chi connectivity index (χ4n) is 5.16. The molecule has 4 nitrogen and oxygen atoms in total. The molecule has 0 radical (unpaired) electrons. The Hall–Kier alpha value is -2.47. The minimum Gasteiger partial charge on any atom is -0.371 e. The third-order valence-electron chi connectivity index (χ3n) is 7.17. The topological polar surface area (TPSA) is 35.2 Å². The van der Waals surface area contributed by atoms with Crippen LogP contribution in [0.25, 0.3) is 22.4 Å². The highest BCUT2D eigenvalue weighted by Crippen LogP contribution is 2.36. The lowest BCUT2D eigenvalue weighted by Gasteiger charge is -2.29. The molecular formula is C25H30F2N4. The van der Waals surface area contributed by atoms with Crippen molar-refractivity contribution in [2.45, 2.75) is 39.0 Å². The average Bonchev–Trinajstić information content (AvgIpc) is 3.38. The van der Waals surface area contributed by atoms with Crippen LogP contribution in [0.4, 0.5) is 14.5 Å². The first-order valence-corrected chi connectivity index (χ1v) is 11.4. The van der Waals surface area contributed by atoms with Gasteiger partial charge in [0.1, 0.15) is 17.5 Å². The van der Waals surface area contributed by atoms with Gasteiger partial charge in [0.15, 0.2) is 0 Å². The average molecular weight is 425 g/mol. The van der Waals surface area contributed by atoms with Crippen molar-refractivity contribution < 1.29 is 8.78 Å². The van der Waals surface area contributed by atoms with E-state index in [4.69, 9.17) is 0 Å². The van der Waals surface area contributed by atoms with E-state index in [0.29, 0.717) is 22.5 Å². The van der Waals surface area contributed by atoms with Gasteiger partial charge in [-0.2, -0.15) is 0 Å². The van der Waals surface area contributed by atoms with Gasteiger partial charge in [-0.3, -0.25) is 0 Å². The molecule has 1 N–H and O–H groups in total. The Morgan fingerprint density at radius 3 is 2.71 bits per heavy atom. The first-order valence-electron chi connectivity index (χ1n) is 11.4. The van der Waals surface area contributed by atoms with E-state index in [-0.39, 0.29) is 11.6 Å². The molecule has 2 aliphatic rings. The summed E-state index contributed by atoms with van der Waals surface area (Å²) in [5.74, 6) is 0.798. The maximum Gasteiger partial charge on any atom is 0.141 e. The smallest absolute Gasteiger partial charge is 0.141 e.